The van der Waals surface area contributed by atoms with Crippen LogP contribution in [-0.4, -0.2) is 42.8 Å². The fourth-order valence-electron chi connectivity index (χ4n) is 1.33. The summed E-state index contributed by atoms with van der Waals surface area (Å²) < 4.78 is 26.0. The van der Waals surface area contributed by atoms with Crippen molar-refractivity contribution in [3.05, 3.63) is 0 Å². The van der Waals surface area contributed by atoms with E-state index < -0.39 is 10.0 Å². The number of nitrogens with one attached hydrogen (secondary N) is 2. The molecule has 0 radical (unpaired) electrons. The molecule has 1 unspecified atom stereocenters. The quantitative estimate of drug-likeness (QED) is 0.464. The van der Waals surface area contributed by atoms with E-state index >= 15 is 0 Å². The van der Waals surface area contributed by atoms with Crippen LogP contribution in [0.4, 0.5) is 5.13 Å². The maximum atomic E-state index is 11.9. The molecule has 0 aliphatic heterocycles. The Morgan fingerprint density at radius 3 is 2.75 bits per heavy atom. The van der Waals surface area contributed by atoms with Crippen molar-refractivity contribution >= 4 is 32.4 Å². The molecule has 3 N–H and O–H groups in total. The fourth-order valence-corrected chi connectivity index (χ4v) is 3.39. The molecule has 10 heteroatoms. The van der Waals surface area contributed by atoms with Gasteiger partial charge in [0, 0.05) is 20.1 Å². The van der Waals surface area contributed by atoms with Crippen LogP contribution in [0.5, 0.6) is 0 Å². The van der Waals surface area contributed by atoms with Crippen LogP contribution in [0.3, 0.4) is 0 Å². The zero-order valence-corrected chi connectivity index (χ0v) is 12.9. The van der Waals surface area contributed by atoms with Gasteiger partial charge in [-0.1, -0.05) is 18.3 Å². The Bertz CT molecular complexity index is 543. The van der Waals surface area contributed by atoms with Crippen LogP contribution in [0.15, 0.2) is 4.34 Å². The molecule has 8 nitrogen and oxygen atoms in total. The average Bonchev–Trinajstić information content (AvgIpc) is 2.82. The Labute approximate surface area is 121 Å². The molecule has 1 rings (SSSR count). The fraction of sp³-hybridized carbons (Fsp3) is 0.700. The van der Waals surface area contributed by atoms with Crippen molar-refractivity contribution in [1.82, 2.24) is 14.9 Å². The van der Waals surface area contributed by atoms with Crippen LogP contribution in [0.1, 0.15) is 26.7 Å². The van der Waals surface area contributed by atoms with Crippen LogP contribution < -0.4 is 10.0 Å². The van der Waals surface area contributed by atoms with E-state index in [1.54, 1.807) is 0 Å². The first-order valence-corrected chi connectivity index (χ1v) is 8.36. The van der Waals surface area contributed by atoms with Gasteiger partial charge in [0.05, 0.1) is 0 Å². The number of hydrogen-bond donors (Lipinski definition) is 3. The molecule has 0 saturated carbocycles. The predicted octanol–water partition coefficient (Wildman–Crippen LogP) is 0.183. The minimum absolute atomic E-state index is 0.0865. The molecule has 0 fully saturated rings. The van der Waals surface area contributed by atoms with Crippen molar-refractivity contribution in [3.63, 3.8) is 0 Å². The number of carbonyl (C=O) groups is 1. The Morgan fingerprint density at radius 1 is 1.45 bits per heavy atom. The highest BCUT2D eigenvalue weighted by Crippen LogP contribution is 2.19. The summed E-state index contributed by atoms with van der Waals surface area (Å²) in [4.78, 5) is 10.8. The van der Waals surface area contributed by atoms with E-state index in [-0.39, 0.29) is 34.4 Å². The Morgan fingerprint density at radius 2 is 2.15 bits per heavy atom. The van der Waals surface area contributed by atoms with Gasteiger partial charge in [0.2, 0.25) is 15.4 Å². The first-order valence-electron chi connectivity index (χ1n) is 6.06. The Hall–Kier alpha value is -1.10. The molecule has 0 saturated heterocycles. The second-order valence-electron chi connectivity index (χ2n) is 4.38. The second kappa shape index (κ2) is 7.62. The number of sulfonamides is 1. The highest BCUT2D eigenvalue weighted by Gasteiger charge is 2.20. The first kappa shape index (κ1) is 17.0. The van der Waals surface area contributed by atoms with Gasteiger partial charge in [-0.3, -0.25) is 4.79 Å². The standard InChI is InChI=1S/C10H18N4O4S2/c1-7(6-15)4-3-5-11-20(17,18)10-14-13-9(19-10)12-8(2)16/h7,11,15H,3-6H2,1-2H3,(H,12,13,16). The first-order chi connectivity index (χ1) is 9.35. The van der Waals surface area contributed by atoms with Gasteiger partial charge < -0.3 is 10.4 Å². The molecule has 0 spiro atoms. The van der Waals surface area contributed by atoms with Crippen molar-refractivity contribution in [1.29, 1.82) is 0 Å². The summed E-state index contributed by atoms with van der Waals surface area (Å²) >= 11 is 0.792. The van der Waals surface area contributed by atoms with Crippen LogP contribution >= 0.6 is 11.3 Å². The maximum Gasteiger partial charge on any atom is 0.269 e. The van der Waals surface area contributed by atoms with Gasteiger partial charge in [-0.25, -0.2) is 13.1 Å². The summed E-state index contributed by atoms with van der Waals surface area (Å²) in [6.45, 7) is 3.54. The normalized spacial score (nSPS) is 13.2. The van der Waals surface area contributed by atoms with E-state index in [4.69, 9.17) is 5.11 Å². The molecule has 1 amide bonds. The van der Waals surface area contributed by atoms with Crippen molar-refractivity contribution < 1.29 is 18.3 Å². The lowest BCUT2D eigenvalue weighted by atomic mass is 10.1. The molecule has 1 aromatic rings. The van der Waals surface area contributed by atoms with Gasteiger partial charge in [-0.15, -0.1) is 10.2 Å². The molecule has 0 aromatic carbocycles. The summed E-state index contributed by atoms with van der Waals surface area (Å²) in [7, 11) is -3.70. The minimum Gasteiger partial charge on any atom is -0.396 e. The molecule has 0 aliphatic carbocycles. The second-order valence-corrected chi connectivity index (χ2v) is 7.30. The van der Waals surface area contributed by atoms with Gasteiger partial charge in [-0.05, 0) is 18.8 Å². The van der Waals surface area contributed by atoms with Crippen molar-refractivity contribution in [3.8, 4) is 0 Å². The third kappa shape index (κ3) is 5.49. The average molecular weight is 322 g/mol. The number of rotatable bonds is 8. The third-order valence-corrected chi connectivity index (χ3v) is 5.06. The van der Waals surface area contributed by atoms with Crippen molar-refractivity contribution in [2.45, 2.75) is 31.0 Å². The zero-order chi connectivity index (χ0) is 15.2. The molecule has 0 bridgehead atoms. The minimum atomic E-state index is -3.70. The molecule has 1 atom stereocenters. The van der Waals surface area contributed by atoms with E-state index in [1.165, 1.54) is 6.92 Å². The van der Waals surface area contributed by atoms with Crippen LogP contribution in [0.25, 0.3) is 0 Å². The van der Waals surface area contributed by atoms with Gasteiger partial charge in [0.25, 0.3) is 10.0 Å². The van der Waals surface area contributed by atoms with Gasteiger partial charge in [0.15, 0.2) is 0 Å². The number of hydrogen-bond acceptors (Lipinski definition) is 7. The van der Waals surface area contributed by atoms with Crippen molar-refractivity contribution in [2.24, 2.45) is 5.92 Å². The molecular formula is C10H18N4O4S2. The molecule has 114 valence electrons. The summed E-state index contributed by atoms with van der Waals surface area (Å²) in [6, 6.07) is 0. The summed E-state index contributed by atoms with van der Waals surface area (Å²) in [5, 5.41) is 18.5. The number of nitrogens with zero attached hydrogens (tertiary/aromatic N) is 2. The lowest BCUT2D eigenvalue weighted by Gasteiger charge is -2.07. The maximum absolute atomic E-state index is 11.9. The number of aliphatic hydroxyl groups excluding tert-OH is 1. The van der Waals surface area contributed by atoms with Gasteiger partial charge in [-0.2, -0.15) is 0 Å². The van der Waals surface area contributed by atoms with Crippen LogP contribution in [0, 0.1) is 5.92 Å². The predicted molar refractivity (Wildman–Crippen MR) is 74.9 cm³/mol. The number of amides is 1. The number of carbonyl (C=O) groups excluding carboxylic acids is 1. The van der Waals surface area contributed by atoms with E-state index in [0.717, 1.165) is 17.8 Å². The Kier molecular flexibility index (Phi) is 6.46. The lowest BCUT2D eigenvalue weighted by molar-refractivity contribution is -0.114. The van der Waals surface area contributed by atoms with Crippen LogP contribution in [0.2, 0.25) is 0 Å². The smallest absolute Gasteiger partial charge is 0.269 e. The highest BCUT2D eigenvalue weighted by molar-refractivity contribution is 7.91. The summed E-state index contributed by atoms with van der Waals surface area (Å²) in [5.74, 6) is -0.191. The summed E-state index contributed by atoms with van der Waals surface area (Å²) in [6.07, 6.45) is 1.35. The number of aliphatic hydroxyl groups is 1. The monoisotopic (exact) mass is 322 g/mol. The topological polar surface area (TPSA) is 121 Å². The molecule has 1 heterocycles. The van der Waals surface area contributed by atoms with E-state index in [0.29, 0.717) is 6.42 Å². The molecular weight excluding hydrogens is 304 g/mol. The lowest BCUT2D eigenvalue weighted by Crippen LogP contribution is -2.25. The zero-order valence-electron chi connectivity index (χ0n) is 11.3. The molecule has 1 aromatic heterocycles. The van der Waals surface area contributed by atoms with E-state index in [2.05, 4.69) is 20.2 Å². The molecule has 20 heavy (non-hydrogen) atoms. The van der Waals surface area contributed by atoms with Gasteiger partial charge >= 0.3 is 0 Å². The van der Waals surface area contributed by atoms with Crippen LogP contribution in [-0.2, 0) is 14.8 Å². The summed E-state index contributed by atoms with van der Waals surface area (Å²) in [5.41, 5.74) is 0. The number of aromatic nitrogens is 2. The Balaban J connectivity index is 2.52. The van der Waals surface area contributed by atoms with E-state index in [1.807, 2.05) is 6.92 Å². The largest absolute Gasteiger partial charge is 0.396 e. The third-order valence-electron chi connectivity index (χ3n) is 2.40. The van der Waals surface area contributed by atoms with Gasteiger partial charge in [0.1, 0.15) is 0 Å². The highest BCUT2D eigenvalue weighted by atomic mass is 32.2. The van der Waals surface area contributed by atoms with Crippen molar-refractivity contribution in [2.75, 3.05) is 18.5 Å². The SMILES string of the molecule is CC(=O)Nc1nnc(S(=O)(=O)NCCCC(C)CO)s1. The number of anilines is 1. The molecule has 0 aliphatic rings. The van der Waals surface area contributed by atoms with E-state index in [9.17, 15) is 13.2 Å².